The highest BCUT2D eigenvalue weighted by atomic mass is 14.8. The summed E-state index contributed by atoms with van der Waals surface area (Å²) in [6.45, 7) is 0. The van der Waals surface area contributed by atoms with Gasteiger partial charge in [-0.3, -0.25) is 9.97 Å². The Hall–Kier alpha value is -8.08. The van der Waals surface area contributed by atoms with E-state index < -0.39 is 0 Å². The van der Waals surface area contributed by atoms with Crippen LogP contribution in [0.25, 0.3) is 121 Å². The van der Waals surface area contributed by atoms with Gasteiger partial charge in [0.15, 0.2) is 0 Å². The van der Waals surface area contributed by atoms with E-state index in [1.165, 1.54) is 49.0 Å². The van der Waals surface area contributed by atoms with E-state index in [9.17, 15) is 0 Å². The molecule has 60 heavy (non-hydrogen) atoms. The summed E-state index contributed by atoms with van der Waals surface area (Å²) in [5.41, 5.74) is 14.6. The van der Waals surface area contributed by atoms with Gasteiger partial charge in [0.25, 0.3) is 0 Å². The molecule has 0 N–H and O–H groups in total. The van der Waals surface area contributed by atoms with Gasteiger partial charge in [-0.1, -0.05) is 152 Å². The SMILES string of the molecule is c1ccc(-c2ccc(-c3ccc4ccc5ccc(-c6cccc(-c7ccc8ccc9c(-c%10ccc(-c%11ccccn%11)cc%10)ccc%10ccc7c8c%109)c6)nc5c4n3)cc2)nc1. The highest BCUT2D eigenvalue weighted by molar-refractivity contribution is 6.27. The second-order valence-electron chi connectivity index (χ2n) is 15.4. The molecule has 0 unspecified atom stereocenters. The predicted molar refractivity (Wildman–Crippen MR) is 249 cm³/mol. The van der Waals surface area contributed by atoms with Crippen LogP contribution in [0.4, 0.5) is 0 Å². The predicted octanol–water partition coefficient (Wildman–Crippen LogP) is 14.5. The number of hydrogen-bond acceptors (Lipinski definition) is 4. The van der Waals surface area contributed by atoms with Crippen LogP contribution in [-0.4, -0.2) is 19.9 Å². The van der Waals surface area contributed by atoms with E-state index in [1.807, 2.05) is 42.7 Å². The molecule has 0 aliphatic heterocycles. The quantitative estimate of drug-likeness (QED) is 0.158. The summed E-state index contributed by atoms with van der Waals surface area (Å²) in [6, 6.07) is 69.1. The highest BCUT2D eigenvalue weighted by Gasteiger charge is 2.16. The van der Waals surface area contributed by atoms with Gasteiger partial charge in [-0.05, 0) is 97.0 Å². The third kappa shape index (κ3) is 5.69. The smallest absolute Gasteiger partial charge is 0.0972 e. The van der Waals surface area contributed by atoms with Gasteiger partial charge in [0, 0.05) is 45.4 Å². The molecule has 4 aromatic heterocycles. The van der Waals surface area contributed by atoms with E-state index in [2.05, 4.69) is 174 Å². The molecule has 278 valence electrons. The molecule has 0 bridgehead atoms. The van der Waals surface area contributed by atoms with Crippen molar-refractivity contribution in [3.8, 4) is 67.3 Å². The molecule has 0 fully saturated rings. The van der Waals surface area contributed by atoms with E-state index in [4.69, 9.17) is 9.97 Å². The van der Waals surface area contributed by atoms with E-state index in [-0.39, 0.29) is 0 Å². The summed E-state index contributed by atoms with van der Waals surface area (Å²) < 4.78 is 0. The van der Waals surface area contributed by atoms with Crippen molar-refractivity contribution in [2.75, 3.05) is 0 Å². The van der Waals surface area contributed by atoms with Crippen molar-refractivity contribution in [1.82, 2.24) is 19.9 Å². The van der Waals surface area contributed by atoms with Gasteiger partial charge in [-0.25, -0.2) is 9.97 Å². The van der Waals surface area contributed by atoms with Gasteiger partial charge >= 0.3 is 0 Å². The van der Waals surface area contributed by atoms with Crippen LogP contribution in [0.1, 0.15) is 0 Å². The van der Waals surface area contributed by atoms with Crippen LogP contribution >= 0.6 is 0 Å². The molecule has 8 aromatic carbocycles. The molecule has 4 nitrogen and oxygen atoms in total. The summed E-state index contributed by atoms with van der Waals surface area (Å²) in [5.74, 6) is 0. The van der Waals surface area contributed by atoms with Crippen LogP contribution in [-0.2, 0) is 0 Å². The number of pyridine rings is 4. The van der Waals surface area contributed by atoms with Crippen LogP contribution in [0.2, 0.25) is 0 Å². The fraction of sp³-hybridized carbons (Fsp3) is 0. The van der Waals surface area contributed by atoms with Gasteiger partial charge in [0.1, 0.15) is 0 Å². The largest absolute Gasteiger partial charge is 0.256 e. The zero-order valence-electron chi connectivity index (χ0n) is 32.4. The molecule has 0 aliphatic carbocycles. The van der Waals surface area contributed by atoms with Crippen LogP contribution in [0.3, 0.4) is 0 Å². The highest BCUT2D eigenvalue weighted by Crippen LogP contribution is 2.43. The third-order valence-electron chi connectivity index (χ3n) is 12.0. The van der Waals surface area contributed by atoms with Crippen LogP contribution < -0.4 is 0 Å². The summed E-state index contributed by atoms with van der Waals surface area (Å²) in [4.78, 5) is 19.6. The minimum Gasteiger partial charge on any atom is -0.256 e. The molecule has 12 aromatic rings. The van der Waals surface area contributed by atoms with Gasteiger partial charge in [-0.2, -0.15) is 0 Å². The first-order valence-electron chi connectivity index (χ1n) is 20.3. The van der Waals surface area contributed by atoms with Crippen molar-refractivity contribution in [3.05, 3.63) is 207 Å². The number of benzene rings is 8. The Bertz CT molecular complexity index is 3560. The number of hydrogen-bond donors (Lipinski definition) is 0. The summed E-state index contributed by atoms with van der Waals surface area (Å²) in [7, 11) is 0. The maximum absolute atomic E-state index is 5.31. The van der Waals surface area contributed by atoms with Crippen molar-refractivity contribution in [2.24, 2.45) is 0 Å². The number of aromatic nitrogens is 4. The fourth-order valence-corrected chi connectivity index (χ4v) is 8.94. The second kappa shape index (κ2) is 13.8. The Morgan fingerprint density at radius 2 is 0.700 bits per heavy atom. The topological polar surface area (TPSA) is 51.6 Å². The molecule has 0 atom stereocenters. The first kappa shape index (κ1) is 34.0. The molecule has 0 aliphatic rings. The lowest BCUT2D eigenvalue weighted by molar-refractivity contribution is 1.32. The first-order chi connectivity index (χ1) is 29.7. The van der Waals surface area contributed by atoms with Gasteiger partial charge in [0.05, 0.1) is 33.8 Å². The van der Waals surface area contributed by atoms with Crippen molar-refractivity contribution >= 4 is 54.1 Å². The Morgan fingerprint density at radius 1 is 0.267 bits per heavy atom. The summed E-state index contributed by atoms with van der Waals surface area (Å²) >= 11 is 0. The number of fused-ring (bicyclic) bond motifs is 3. The van der Waals surface area contributed by atoms with Crippen molar-refractivity contribution in [2.45, 2.75) is 0 Å². The molecule has 0 radical (unpaired) electrons. The van der Waals surface area contributed by atoms with E-state index in [0.29, 0.717) is 0 Å². The zero-order chi connectivity index (χ0) is 39.6. The maximum atomic E-state index is 5.31. The van der Waals surface area contributed by atoms with Gasteiger partial charge < -0.3 is 0 Å². The Labute approximate surface area is 346 Å². The molecule has 12 rings (SSSR count). The molecule has 0 spiro atoms. The number of nitrogens with zero attached hydrogens (tertiary/aromatic N) is 4. The lowest BCUT2D eigenvalue weighted by Crippen LogP contribution is -1.92. The molecule has 4 heterocycles. The minimum atomic E-state index is 0.895. The summed E-state index contributed by atoms with van der Waals surface area (Å²) in [5, 5.41) is 9.71. The summed E-state index contributed by atoms with van der Waals surface area (Å²) in [6.07, 6.45) is 3.67. The van der Waals surface area contributed by atoms with Crippen molar-refractivity contribution in [1.29, 1.82) is 0 Å². The van der Waals surface area contributed by atoms with Crippen LogP contribution in [0.5, 0.6) is 0 Å². The lowest BCUT2D eigenvalue weighted by Gasteiger charge is -2.17. The standard InChI is InChI=1S/C56H34N4/c1-3-32-57-49(8-1)36-12-10-35(11-13-36)45-26-20-39-23-29-48-46(27-21-40-22-28-47(45)53(39)54(40)48)43-6-5-7-44(34-43)52-31-25-42-19-18-41-24-30-51(59-55(41)56(42)60-52)38-16-14-37(15-17-38)50-9-2-4-33-58-50/h1-34H. The maximum Gasteiger partial charge on any atom is 0.0972 e. The van der Waals surface area contributed by atoms with E-state index >= 15 is 0 Å². The Morgan fingerprint density at radius 3 is 1.23 bits per heavy atom. The molecular weight excluding hydrogens is 729 g/mol. The van der Waals surface area contributed by atoms with E-state index in [0.717, 1.165) is 72.4 Å². The average Bonchev–Trinajstić information content (AvgIpc) is 3.33. The van der Waals surface area contributed by atoms with Gasteiger partial charge in [-0.15, -0.1) is 0 Å². The zero-order valence-corrected chi connectivity index (χ0v) is 32.4. The first-order valence-corrected chi connectivity index (χ1v) is 20.3. The lowest BCUT2D eigenvalue weighted by atomic mass is 9.87. The second-order valence-corrected chi connectivity index (χ2v) is 15.4. The molecular formula is C56H34N4. The minimum absolute atomic E-state index is 0.895. The Kier molecular flexibility index (Phi) is 7.82. The van der Waals surface area contributed by atoms with E-state index in [1.54, 1.807) is 0 Å². The van der Waals surface area contributed by atoms with Crippen LogP contribution in [0.15, 0.2) is 207 Å². The molecule has 0 amide bonds. The molecule has 0 saturated heterocycles. The number of rotatable bonds is 6. The Balaban J connectivity index is 0.927. The molecule has 0 saturated carbocycles. The van der Waals surface area contributed by atoms with Crippen LogP contribution in [0, 0.1) is 0 Å². The third-order valence-corrected chi connectivity index (χ3v) is 12.0. The van der Waals surface area contributed by atoms with Crippen molar-refractivity contribution < 1.29 is 0 Å². The fourth-order valence-electron chi connectivity index (χ4n) is 8.94. The average molecular weight is 763 g/mol. The monoisotopic (exact) mass is 762 g/mol. The normalized spacial score (nSPS) is 11.7. The van der Waals surface area contributed by atoms with Crippen molar-refractivity contribution in [3.63, 3.8) is 0 Å². The molecule has 4 heteroatoms. The van der Waals surface area contributed by atoms with Gasteiger partial charge in [0.2, 0.25) is 0 Å².